The van der Waals surface area contributed by atoms with E-state index in [1.807, 2.05) is 25.3 Å². The lowest BCUT2D eigenvalue weighted by atomic mass is 10.1. The summed E-state index contributed by atoms with van der Waals surface area (Å²) >= 11 is 0. The Labute approximate surface area is 207 Å². The highest BCUT2D eigenvalue weighted by Gasteiger charge is 2.35. The lowest BCUT2D eigenvalue weighted by Crippen LogP contribution is -2.11. The van der Waals surface area contributed by atoms with E-state index >= 15 is 0 Å². The average molecular weight is 519 g/mol. The molecule has 1 aliphatic rings. The molecule has 2 aromatic heterocycles. The summed E-state index contributed by atoms with van der Waals surface area (Å²) in [6.07, 6.45) is 0.966. The predicted molar refractivity (Wildman–Crippen MR) is 129 cm³/mol. The van der Waals surface area contributed by atoms with Gasteiger partial charge in [-0.2, -0.15) is 26.7 Å². The van der Waals surface area contributed by atoms with Gasteiger partial charge >= 0.3 is 6.18 Å². The summed E-state index contributed by atoms with van der Waals surface area (Å²) in [5, 5.41) is 3.98. The van der Waals surface area contributed by atoms with E-state index in [1.54, 1.807) is 24.3 Å². The van der Waals surface area contributed by atoms with Gasteiger partial charge in [0, 0.05) is 37.3 Å². The van der Waals surface area contributed by atoms with Crippen molar-refractivity contribution in [2.24, 2.45) is 7.05 Å². The van der Waals surface area contributed by atoms with Gasteiger partial charge in [0.1, 0.15) is 11.5 Å². The summed E-state index contributed by atoms with van der Waals surface area (Å²) in [5.41, 5.74) is 3.02. The minimum absolute atomic E-state index is 0.0666. The van der Waals surface area contributed by atoms with Gasteiger partial charge in [0.05, 0.1) is 16.3 Å². The molecule has 0 aliphatic carbocycles. The molecule has 0 fully saturated rings. The normalized spacial score (nSPS) is 13.6. The van der Waals surface area contributed by atoms with Crippen LogP contribution in [0.5, 0.6) is 0 Å². The summed E-state index contributed by atoms with van der Waals surface area (Å²) in [6.45, 7) is 2.84. The third kappa shape index (κ3) is 5.85. The molecule has 7 nitrogen and oxygen atoms in total. The minimum atomic E-state index is -4.41. The standard InChI is InChI=1S/C18H17F3N4.C7H8O3S/c1-24-16(18(19,20)21)10-14(23-24)12-5-7-13(8-6-12)15-11-25-9-3-2-4-17(25)22-15;1-6-2-4-7(5-3-6)11(8,9)10/h5-8,10-11H,2-4,9H2,1H3;2-5H,1H3,(H,8,9,10). The molecule has 1 aliphatic heterocycles. The Balaban J connectivity index is 0.000000233. The van der Waals surface area contributed by atoms with E-state index in [0.717, 1.165) is 52.8 Å². The van der Waals surface area contributed by atoms with Crippen LogP contribution in [-0.4, -0.2) is 32.3 Å². The Morgan fingerprint density at radius 2 is 1.56 bits per heavy atom. The van der Waals surface area contributed by atoms with Crippen LogP contribution >= 0.6 is 0 Å². The largest absolute Gasteiger partial charge is 0.433 e. The highest BCUT2D eigenvalue weighted by molar-refractivity contribution is 7.85. The molecule has 190 valence electrons. The van der Waals surface area contributed by atoms with E-state index in [2.05, 4.69) is 14.6 Å². The quantitative estimate of drug-likeness (QED) is 0.359. The molecular weight excluding hydrogens is 493 g/mol. The molecule has 2 aromatic carbocycles. The predicted octanol–water partition coefficient (Wildman–Crippen LogP) is 5.55. The van der Waals surface area contributed by atoms with Crippen LogP contribution in [0.2, 0.25) is 0 Å². The molecule has 0 bridgehead atoms. The molecule has 0 unspecified atom stereocenters. The van der Waals surface area contributed by atoms with Crippen molar-refractivity contribution in [3.8, 4) is 22.5 Å². The van der Waals surface area contributed by atoms with E-state index in [0.29, 0.717) is 11.3 Å². The molecule has 1 N–H and O–H groups in total. The number of hydrogen-bond donors (Lipinski definition) is 1. The van der Waals surface area contributed by atoms with Crippen molar-refractivity contribution in [1.29, 1.82) is 0 Å². The van der Waals surface area contributed by atoms with Crippen LogP contribution in [0.15, 0.2) is 65.7 Å². The molecule has 0 saturated heterocycles. The number of aromatic nitrogens is 4. The third-order valence-electron chi connectivity index (χ3n) is 5.87. The summed E-state index contributed by atoms with van der Waals surface area (Å²) in [5.74, 6) is 1.10. The lowest BCUT2D eigenvalue weighted by molar-refractivity contribution is -0.143. The zero-order valence-corrected chi connectivity index (χ0v) is 20.5. The number of fused-ring (bicyclic) bond motifs is 1. The molecule has 0 spiro atoms. The Morgan fingerprint density at radius 1 is 0.944 bits per heavy atom. The fourth-order valence-electron chi connectivity index (χ4n) is 3.95. The molecular formula is C25H25F3N4O3S. The maximum Gasteiger partial charge on any atom is 0.433 e. The van der Waals surface area contributed by atoms with Crippen molar-refractivity contribution >= 4 is 10.1 Å². The van der Waals surface area contributed by atoms with Gasteiger partial charge in [0.15, 0.2) is 0 Å². The van der Waals surface area contributed by atoms with E-state index in [9.17, 15) is 21.6 Å². The molecule has 0 amide bonds. The van der Waals surface area contributed by atoms with Gasteiger partial charge in [-0.25, -0.2) is 4.98 Å². The Kier molecular flexibility index (Phi) is 7.05. The topological polar surface area (TPSA) is 90.0 Å². The van der Waals surface area contributed by atoms with Gasteiger partial charge in [0.2, 0.25) is 0 Å². The Bertz CT molecular complexity index is 1430. The zero-order valence-electron chi connectivity index (χ0n) is 19.7. The number of alkyl halides is 3. The van der Waals surface area contributed by atoms with Crippen molar-refractivity contribution in [3.05, 3.63) is 77.9 Å². The van der Waals surface area contributed by atoms with Crippen LogP contribution < -0.4 is 0 Å². The van der Waals surface area contributed by atoms with E-state index in [1.165, 1.54) is 25.6 Å². The highest BCUT2D eigenvalue weighted by Crippen LogP contribution is 2.32. The maximum atomic E-state index is 12.9. The van der Waals surface area contributed by atoms with Gasteiger partial charge in [-0.1, -0.05) is 42.0 Å². The summed E-state index contributed by atoms with van der Waals surface area (Å²) in [6, 6.07) is 14.4. The van der Waals surface area contributed by atoms with E-state index in [-0.39, 0.29) is 4.90 Å². The molecule has 11 heteroatoms. The first-order valence-corrected chi connectivity index (χ1v) is 12.7. The third-order valence-corrected chi connectivity index (χ3v) is 6.74. The fourth-order valence-corrected chi connectivity index (χ4v) is 4.43. The SMILES string of the molecule is Cc1ccc(S(=O)(=O)O)cc1.Cn1nc(-c2ccc(-c3cn4c(n3)CCCC4)cc2)cc1C(F)(F)F. The second-order valence-corrected chi connectivity index (χ2v) is 10.0. The zero-order chi connectivity index (χ0) is 26.1. The van der Waals surface area contributed by atoms with Crippen LogP contribution in [0.1, 0.15) is 29.9 Å². The van der Waals surface area contributed by atoms with Crippen LogP contribution in [0.25, 0.3) is 22.5 Å². The van der Waals surface area contributed by atoms with Crippen LogP contribution in [0, 0.1) is 6.92 Å². The van der Waals surface area contributed by atoms with Gasteiger partial charge in [-0.05, 0) is 38.0 Å². The number of aryl methyl sites for hydroxylation is 4. The number of rotatable bonds is 3. The first kappa shape index (κ1) is 25.6. The molecule has 3 heterocycles. The molecule has 5 rings (SSSR count). The molecule has 0 atom stereocenters. The van der Waals surface area contributed by atoms with Gasteiger partial charge < -0.3 is 4.57 Å². The Morgan fingerprint density at radius 3 is 2.08 bits per heavy atom. The molecule has 0 radical (unpaired) electrons. The van der Waals surface area contributed by atoms with Crippen molar-refractivity contribution in [2.45, 2.75) is 43.8 Å². The van der Waals surface area contributed by atoms with Crippen molar-refractivity contribution in [1.82, 2.24) is 19.3 Å². The Hall–Kier alpha value is -3.44. The fraction of sp³-hybridized carbons (Fsp3) is 0.280. The number of benzene rings is 2. The second kappa shape index (κ2) is 9.90. The van der Waals surface area contributed by atoms with Crippen LogP contribution in [-0.2, 0) is 36.3 Å². The summed E-state index contributed by atoms with van der Waals surface area (Å²) < 4.78 is 71.3. The van der Waals surface area contributed by atoms with Crippen molar-refractivity contribution in [2.75, 3.05) is 0 Å². The minimum Gasteiger partial charge on any atom is -0.334 e. The van der Waals surface area contributed by atoms with Crippen LogP contribution in [0.3, 0.4) is 0 Å². The maximum absolute atomic E-state index is 12.9. The number of nitrogens with zero attached hydrogens (tertiary/aromatic N) is 4. The van der Waals surface area contributed by atoms with E-state index < -0.39 is 22.0 Å². The van der Waals surface area contributed by atoms with E-state index in [4.69, 9.17) is 4.55 Å². The first-order valence-electron chi connectivity index (χ1n) is 11.2. The molecule has 0 saturated carbocycles. The monoisotopic (exact) mass is 518 g/mol. The summed E-state index contributed by atoms with van der Waals surface area (Å²) in [4.78, 5) is 4.60. The number of imidazole rings is 1. The molecule has 4 aromatic rings. The number of halogens is 3. The first-order chi connectivity index (χ1) is 16.9. The smallest absolute Gasteiger partial charge is 0.334 e. The second-order valence-electron chi connectivity index (χ2n) is 8.59. The lowest BCUT2D eigenvalue weighted by Gasteiger charge is -2.11. The van der Waals surface area contributed by atoms with Crippen molar-refractivity contribution < 1.29 is 26.1 Å². The summed E-state index contributed by atoms with van der Waals surface area (Å²) in [7, 11) is -2.72. The van der Waals surface area contributed by atoms with Gasteiger partial charge in [-0.15, -0.1) is 0 Å². The molecule has 36 heavy (non-hydrogen) atoms. The highest BCUT2D eigenvalue weighted by atomic mass is 32.2. The van der Waals surface area contributed by atoms with Crippen LogP contribution in [0.4, 0.5) is 13.2 Å². The number of hydrogen-bond acceptors (Lipinski definition) is 4. The van der Waals surface area contributed by atoms with Crippen molar-refractivity contribution in [3.63, 3.8) is 0 Å². The van der Waals surface area contributed by atoms with Gasteiger partial charge in [-0.3, -0.25) is 9.23 Å². The van der Waals surface area contributed by atoms with Gasteiger partial charge in [0.25, 0.3) is 10.1 Å². The average Bonchev–Trinajstić information content (AvgIpc) is 3.43.